The van der Waals surface area contributed by atoms with Gasteiger partial charge in [-0.05, 0) is 22.5 Å². The summed E-state index contributed by atoms with van der Waals surface area (Å²) in [5.41, 5.74) is 0. The molecule has 0 nitrogen and oxygen atoms in total. The third kappa shape index (κ3) is 4.28. The Morgan fingerprint density at radius 1 is 0.667 bits per heavy atom. The number of hydrogen-bond acceptors (Lipinski definition) is 0. The maximum atomic E-state index is 13.5. The minimum Gasteiger partial charge on any atom is -0.204 e. The van der Waals surface area contributed by atoms with Crippen LogP contribution < -0.4 is 10.4 Å². The highest BCUT2D eigenvalue weighted by molar-refractivity contribution is 6.55. The van der Waals surface area contributed by atoms with Crippen LogP contribution in [0.5, 0.6) is 0 Å². The molecule has 0 aliphatic heterocycles. The van der Waals surface area contributed by atoms with Crippen molar-refractivity contribution < 1.29 is 17.6 Å². The van der Waals surface area contributed by atoms with Gasteiger partial charge < -0.3 is 0 Å². The summed E-state index contributed by atoms with van der Waals surface area (Å²) in [4.78, 5) is 0. The van der Waals surface area contributed by atoms with E-state index in [2.05, 4.69) is 0 Å². The first-order valence-corrected chi connectivity index (χ1v) is 10.4. The van der Waals surface area contributed by atoms with Gasteiger partial charge in [0.2, 0.25) is 0 Å². The van der Waals surface area contributed by atoms with E-state index in [-0.39, 0.29) is 0 Å². The van der Waals surface area contributed by atoms with Gasteiger partial charge in [-0.15, -0.1) is 0 Å². The van der Waals surface area contributed by atoms with E-state index in [9.17, 15) is 17.6 Å². The van der Waals surface area contributed by atoms with Crippen molar-refractivity contribution >= 4 is 29.4 Å². The monoisotopic (exact) mass is 328 g/mol. The maximum Gasteiger partial charge on any atom is 0.158 e. The predicted molar refractivity (Wildman–Crippen MR) is 83.3 cm³/mol. The summed E-state index contributed by atoms with van der Waals surface area (Å²) in [6.07, 6.45) is 0.865. The maximum absolute atomic E-state index is 13.5. The molecule has 2 aromatic carbocycles. The molecule has 21 heavy (non-hydrogen) atoms. The molecule has 2 aromatic rings. The van der Waals surface area contributed by atoms with Crippen LogP contribution in [-0.2, 0) is 0 Å². The van der Waals surface area contributed by atoms with Gasteiger partial charge in [0.25, 0.3) is 0 Å². The molecule has 0 spiro atoms. The van der Waals surface area contributed by atoms with Crippen LogP contribution in [0.2, 0.25) is 12.1 Å². The molecule has 0 amide bonds. The standard InChI is InChI=1S/C15H16F4Si2/c16-10-4-1-6-12(14(10)18)20-8-3-9-21-13-7-2-5-11(17)15(13)19/h1-2,4-7H,3,8-9,20-21H2. The van der Waals surface area contributed by atoms with Gasteiger partial charge in [-0.1, -0.05) is 42.8 Å². The average Bonchev–Trinajstić information content (AvgIpc) is 2.47. The molecule has 6 heteroatoms. The summed E-state index contributed by atoms with van der Waals surface area (Å²) < 4.78 is 53.0. The molecular formula is C15H16F4Si2. The molecule has 0 N–H and O–H groups in total. The molecular weight excluding hydrogens is 312 g/mol. The van der Waals surface area contributed by atoms with Gasteiger partial charge in [-0.2, -0.15) is 0 Å². The van der Waals surface area contributed by atoms with Crippen molar-refractivity contribution in [2.75, 3.05) is 0 Å². The number of rotatable bonds is 6. The summed E-state index contributed by atoms with van der Waals surface area (Å²) in [5.74, 6) is -3.04. The highest BCUT2D eigenvalue weighted by Gasteiger charge is 2.09. The van der Waals surface area contributed by atoms with Gasteiger partial charge in [0.1, 0.15) is 0 Å². The fraction of sp³-hybridized carbons (Fsp3) is 0.200. The highest BCUT2D eigenvalue weighted by Crippen LogP contribution is 2.05. The predicted octanol–water partition coefficient (Wildman–Crippen LogP) is 1.76. The minimum atomic E-state index is -0.840. The van der Waals surface area contributed by atoms with E-state index in [0.29, 0.717) is 10.4 Å². The van der Waals surface area contributed by atoms with Crippen molar-refractivity contribution in [2.45, 2.75) is 18.5 Å². The van der Waals surface area contributed by atoms with Gasteiger partial charge in [0.15, 0.2) is 23.3 Å². The first kappa shape index (κ1) is 16.0. The molecule has 0 heterocycles. The van der Waals surface area contributed by atoms with Gasteiger partial charge in [-0.3, -0.25) is 0 Å². The smallest absolute Gasteiger partial charge is 0.158 e. The van der Waals surface area contributed by atoms with Crippen LogP contribution in [-0.4, -0.2) is 19.0 Å². The number of benzene rings is 2. The normalized spacial score (nSPS) is 12.0. The van der Waals surface area contributed by atoms with Gasteiger partial charge >= 0.3 is 0 Å². The Kier molecular flexibility index (Phi) is 5.75. The van der Waals surface area contributed by atoms with Crippen molar-refractivity contribution in [1.29, 1.82) is 0 Å². The lowest BCUT2D eigenvalue weighted by atomic mass is 10.3. The Hall–Kier alpha value is -1.41. The molecule has 112 valence electrons. The van der Waals surface area contributed by atoms with Crippen LogP contribution in [0.4, 0.5) is 17.6 Å². The van der Waals surface area contributed by atoms with Gasteiger partial charge in [0.05, 0.1) is 19.0 Å². The van der Waals surface area contributed by atoms with Crippen molar-refractivity contribution in [2.24, 2.45) is 0 Å². The lowest BCUT2D eigenvalue weighted by Gasteiger charge is -2.05. The Bertz CT molecular complexity index is 563. The van der Waals surface area contributed by atoms with Crippen LogP contribution in [0.15, 0.2) is 36.4 Å². The molecule has 0 unspecified atom stereocenters. The Labute approximate surface area is 125 Å². The summed E-state index contributed by atoms with van der Waals surface area (Å²) in [7, 11) is -1.68. The van der Waals surface area contributed by atoms with E-state index in [1.165, 1.54) is 12.1 Å². The largest absolute Gasteiger partial charge is 0.204 e. The van der Waals surface area contributed by atoms with Crippen molar-refractivity contribution in [3.63, 3.8) is 0 Å². The van der Waals surface area contributed by atoms with E-state index in [4.69, 9.17) is 0 Å². The zero-order valence-electron chi connectivity index (χ0n) is 11.5. The Balaban J connectivity index is 1.78. The first-order valence-electron chi connectivity index (χ1n) is 6.95. The SMILES string of the molecule is Fc1cccc([SiH2]CCC[SiH2]c2cccc(F)c2F)c1F. The van der Waals surface area contributed by atoms with E-state index in [1.54, 1.807) is 12.1 Å². The van der Waals surface area contributed by atoms with Gasteiger partial charge in [-0.25, -0.2) is 17.6 Å². The van der Waals surface area contributed by atoms with Crippen molar-refractivity contribution in [1.82, 2.24) is 0 Å². The molecule has 0 aliphatic rings. The Morgan fingerprint density at radius 3 is 1.52 bits per heavy atom. The van der Waals surface area contributed by atoms with Crippen molar-refractivity contribution in [3.05, 3.63) is 59.7 Å². The van der Waals surface area contributed by atoms with Crippen LogP contribution in [0.1, 0.15) is 6.42 Å². The van der Waals surface area contributed by atoms with E-state index in [0.717, 1.165) is 30.6 Å². The molecule has 0 bridgehead atoms. The molecule has 0 saturated heterocycles. The van der Waals surface area contributed by atoms with Crippen LogP contribution >= 0.6 is 0 Å². The quantitative estimate of drug-likeness (QED) is 0.431. The Morgan fingerprint density at radius 2 is 1.10 bits per heavy atom. The first-order chi connectivity index (χ1) is 10.1. The number of hydrogen-bond donors (Lipinski definition) is 0. The summed E-state index contributed by atoms with van der Waals surface area (Å²) >= 11 is 0. The summed E-state index contributed by atoms with van der Waals surface area (Å²) in [6.45, 7) is 0. The fourth-order valence-corrected chi connectivity index (χ4v) is 6.35. The topological polar surface area (TPSA) is 0 Å². The second-order valence-corrected chi connectivity index (χ2v) is 8.92. The van der Waals surface area contributed by atoms with Gasteiger partial charge in [0, 0.05) is 0 Å². The van der Waals surface area contributed by atoms with Crippen LogP contribution in [0.25, 0.3) is 0 Å². The fourth-order valence-electron chi connectivity index (χ4n) is 2.29. The van der Waals surface area contributed by atoms with Crippen LogP contribution in [0.3, 0.4) is 0 Å². The van der Waals surface area contributed by atoms with E-state index < -0.39 is 42.3 Å². The third-order valence-corrected chi connectivity index (χ3v) is 7.33. The molecule has 0 aromatic heterocycles. The van der Waals surface area contributed by atoms with Crippen LogP contribution in [0, 0.1) is 23.3 Å². The zero-order chi connectivity index (χ0) is 15.2. The molecule has 0 radical (unpaired) electrons. The molecule has 0 fully saturated rings. The third-order valence-electron chi connectivity index (χ3n) is 3.46. The lowest BCUT2D eigenvalue weighted by molar-refractivity contribution is 0.514. The second-order valence-electron chi connectivity index (χ2n) is 4.99. The van der Waals surface area contributed by atoms with Crippen molar-refractivity contribution in [3.8, 4) is 0 Å². The number of halogens is 4. The summed E-state index contributed by atoms with van der Waals surface area (Å²) in [5, 5.41) is 1.02. The molecule has 0 saturated carbocycles. The second kappa shape index (κ2) is 7.56. The molecule has 0 aliphatic carbocycles. The highest BCUT2D eigenvalue weighted by atomic mass is 28.2. The summed E-state index contributed by atoms with van der Waals surface area (Å²) in [6, 6.07) is 10.3. The lowest BCUT2D eigenvalue weighted by Crippen LogP contribution is -2.21. The molecule has 0 atom stereocenters. The van der Waals surface area contributed by atoms with E-state index in [1.807, 2.05) is 0 Å². The zero-order valence-corrected chi connectivity index (χ0v) is 14.3. The average molecular weight is 328 g/mol. The van der Waals surface area contributed by atoms with E-state index >= 15 is 0 Å². The molecule has 2 rings (SSSR count). The minimum absolute atomic E-state index is 0.508.